The Morgan fingerprint density at radius 1 is 0.267 bits per heavy atom. The van der Waals surface area contributed by atoms with Crippen LogP contribution in [0.4, 0.5) is 17.1 Å². The van der Waals surface area contributed by atoms with E-state index in [0.717, 1.165) is 28.3 Å². The number of benzene rings is 10. The van der Waals surface area contributed by atoms with Crippen LogP contribution in [0, 0.1) is 0 Å². The first kappa shape index (κ1) is 35.2. The van der Waals surface area contributed by atoms with Gasteiger partial charge in [-0.1, -0.05) is 182 Å². The Bertz CT molecular complexity index is 3240. The highest BCUT2D eigenvalue weighted by Crippen LogP contribution is 2.43. The fourth-order valence-electron chi connectivity index (χ4n) is 8.90. The predicted molar refractivity (Wildman–Crippen MR) is 255 cm³/mol. The molecule has 1 aromatic heterocycles. The van der Waals surface area contributed by atoms with Crippen LogP contribution in [0.15, 0.2) is 243 Å². The zero-order chi connectivity index (χ0) is 39.8. The highest BCUT2D eigenvalue weighted by Gasteiger charge is 2.19. The van der Waals surface area contributed by atoms with Crippen LogP contribution >= 0.6 is 0 Å². The number of hydrogen-bond donors (Lipinski definition) is 0. The van der Waals surface area contributed by atoms with Gasteiger partial charge in [0.2, 0.25) is 0 Å². The van der Waals surface area contributed by atoms with Crippen molar-refractivity contribution in [2.24, 2.45) is 0 Å². The fourth-order valence-corrected chi connectivity index (χ4v) is 8.90. The normalized spacial score (nSPS) is 11.3. The Balaban J connectivity index is 1.05. The second-order valence-corrected chi connectivity index (χ2v) is 15.3. The zero-order valence-corrected chi connectivity index (χ0v) is 33.0. The van der Waals surface area contributed by atoms with Gasteiger partial charge in [-0.15, -0.1) is 0 Å². The fraction of sp³-hybridized carbons (Fsp3) is 0. The molecule has 0 atom stereocenters. The van der Waals surface area contributed by atoms with Gasteiger partial charge in [-0.2, -0.15) is 0 Å². The minimum atomic E-state index is 1.08. The molecule has 2 nitrogen and oxygen atoms in total. The average molecular weight is 765 g/mol. The Kier molecular flexibility index (Phi) is 8.87. The minimum Gasteiger partial charge on any atom is -0.310 e. The lowest BCUT2D eigenvalue weighted by atomic mass is 9.92. The van der Waals surface area contributed by atoms with Crippen molar-refractivity contribution in [3.8, 4) is 50.2 Å². The predicted octanol–water partition coefficient (Wildman–Crippen LogP) is 16.1. The van der Waals surface area contributed by atoms with Crippen molar-refractivity contribution in [1.82, 2.24) is 4.57 Å². The molecule has 0 aliphatic heterocycles. The summed E-state index contributed by atoms with van der Waals surface area (Å²) in [4.78, 5) is 2.38. The summed E-state index contributed by atoms with van der Waals surface area (Å²) in [5, 5.41) is 4.99. The summed E-state index contributed by atoms with van der Waals surface area (Å²) in [5.74, 6) is 0. The highest BCUT2D eigenvalue weighted by molar-refractivity contribution is 6.09. The molecule has 11 aromatic rings. The molecule has 60 heavy (non-hydrogen) atoms. The van der Waals surface area contributed by atoms with Crippen molar-refractivity contribution in [3.05, 3.63) is 243 Å². The number of hydrogen-bond acceptors (Lipinski definition) is 1. The van der Waals surface area contributed by atoms with Crippen LogP contribution in [0.3, 0.4) is 0 Å². The van der Waals surface area contributed by atoms with E-state index in [9.17, 15) is 0 Å². The van der Waals surface area contributed by atoms with E-state index in [2.05, 4.69) is 252 Å². The molecule has 0 fully saturated rings. The van der Waals surface area contributed by atoms with Crippen LogP contribution in [-0.4, -0.2) is 4.57 Å². The van der Waals surface area contributed by atoms with Gasteiger partial charge in [0.1, 0.15) is 0 Å². The lowest BCUT2D eigenvalue weighted by Gasteiger charge is -2.27. The lowest BCUT2D eigenvalue weighted by molar-refractivity contribution is 1.18. The van der Waals surface area contributed by atoms with Gasteiger partial charge < -0.3 is 9.47 Å². The zero-order valence-electron chi connectivity index (χ0n) is 33.0. The SMILES string of the molecule is c1ccc(-c2ccc(N(c3ccc(-c4ccccc4-n4c5ccccc5c5ccccc54)cc3)c3ccc(-c4ccc5ccccc5c4)c(-c4ccccc4)c3)cc2)cc1. The summed E-state index contributed by atoms with van der Waals surface area (Å²) in [5.41, 5.74) is 16.3. The van der Waals surface area contributed by atoms with E-state index in [1.807, 2.05) is 0 Å². The van der Waals surface area contributed by atoms with Crippen molar-refractivity contribution in [2.45, 2.75) is 0 Å². The summed E-state index contributed by atoms with van der Waals surface area (Å²) in [6, 6.07) is 87.9. The van der Waals surface area contributed by atoms with E-state index in [1.165, 1.54) is 71.5 Å². The van der Waals surface area contributed by atoms with Gasteiger partial charge in [-0.05, 0) is 110 Å². The maximum atomic E-state index is 2.41. The molecule has 0 spiro atoms. The highest BCUT2D eigenvalue weighted by atomic mass is 15.1. The summed E-state index contributed by atoms with van der Waals surface area (Å²) in [7, 11) is 0. The number of para-hydroxylation sites is 3. The van der Waals surface area contributed by atoms with Crippen molar-refractivity contribution < 1.29 is 0 Å². The topological polar surface area (TPSA) is 8.17 Å². The molecular formula is C58H40N2. The largest absolute Gasteiger partial charge is 0.310 e. The average Bonchev–Trinajstić information content (AvgIpc) is 3.67. The maximum Gasteiger partial charge on any atom is 0.0541 e. The van der Waals surface area contributed by atoms with Crippen molar-refractivity contribution >= 4 is 49.6 Å². The van der Waals surface area contributed by atoms with Crippen LogP contribution in [0.25, 0.3) is 82.8 Å². The summed E-state index contributed by atoms with van der Waals surface area (Å²) in [6.45, 7) is 0. The van der Waals surface area contributed by atoms with Crippen LogP contribution < -0.4 is 4.90 Å². The molecule has 0 amide bonds. The molecule has 10 aromatic carbocycles. The Hall–Kier alpha value is -7.94. The Morgan fingerprint density at radius 3 is 1.43 bits per heavy atom. The number of rotatable bonds is 8. The molecule has 0 N–H and O–H groups in total. The molecule has 0 aliphatic carbocycles. The van der Waals surface area contributed by atoms with E-state index in [1.54, 1.807) is 0 Å². The molecule has 0 aliphatic rings. The molecule has 282 valence electrons. The second kappa shape index (κ2) is 15.1. The number of nitrogens with zero attached hydrogens (tertiary/aromatic N) is 2. The maximum absolute atomic E-state index is 2.41. The van der Waals surface area contributed by atoms with Crippen LogP contribution in [0.2, 0.25) is 0 Å². The van der Waals surface area contributed by atoms with E-state index >= 15 is 0 Å². The molecule has 0 bridgehead atoms. The Morgan fingerprint density at radius 2 is 0.750 bits per heavy atom. The monoisotopic (exact) mass is 764 g/mol. The first-order chi connectivity index (χ1) is 29.8. The minimum absolute atomic E-state index is 1.08. The van der Waals surface area contributed by atoms with Crippen LogP contribution in [0.5, 0.6) is 0 Å². The molecule has 0 saturated heterocycles. The van der Waals surface area contributed by atoms with Crippen molar-refractivity contribution in [1.29, 1.82) is 0 Å². The molecule has 0 unspecified atom stereocenters. The van der Waals surface area contributed by atoms with E-state index < -0.39 is 0 Å². The first-order valence-corrected chi connectivity index (χ1v) is 20.6. The summed E-state index contributed by atoms with van der Waals surface area (Å²) in [6.07, 6.45) is 0. The molecule has 0 radical (unpaired) electrons. The van der Waals surface area contributed by atoms with Gasteiger partial charge >= 0.3 is 0 Å². The molecular weight excluding hydrogens is 725 g/mol. The number of fused-ring (bicyclic) bond motifs is 4. The molecule has 2 heteroatoms. The third-order valence-corrected chi connectivity index (χ3v) is 11.8. The van der Waals surface area contributed by atoms with Gasteiger partial charge in [-0.25, -0.2) is 0 Å². The van der Waals surface area contributed by atoms with Gasteiger partial charge in [0.25, 0.3) is 0 Å². The van der Waals surface area contributed by atoms with Gasteiger partial charge in [0, 0.05) is 33.4 Å². The molecule has 11 rings (SSSR count). The second-order valence-electron chi connectivity index (χ2n) is 15.3. The van der Waals surface area contributed by atoms with E-state index in [0.29, 0.717) is 0 Å². The lowest BCUT2D eigenvalue weighted by Crippen LogP contribution is -2.10. The number of aromatic nitrogens is 1. The van der Waals surface area contributed by atoms with Gasteiger partial charge in [0.15, 0.2) is 0 Å². The quantitative estimate of drug-likeness (QED) is 0.150. The molecule has 1 heterocycles. The van der Waals surface area contributed by atoms with Gasteiger partial charge in [0.05, 0.1) is 16.7 Å². The van der Waals surface area contributed by atoms with E-state index in [4.69, 9.17) is 0 Å². The standard InChI is InChI=1S/C58H40N2/c1-3-15-41(16-4-1)43-29-33-48(34-30-43)59(50-37-38-51(55(40-50)44-18-5-2-6-19-44)47-28-27-42-17-7-8-20-46(42)39-47)49-35-31-45(32-36-49)52-21-9-12-24-56(52)60-57-25-13-10-22-53(57)54-23-11-14-26-58(54)60/h1-40H. The Labute approximate surface area is 350 Å². The van der Waals surface area contributed by atoms with Crippen molar-refractivity contribution in [2.75, 3.05) is 4.90 Å². The van der Waals surface area contributed by atoms with E-state index in [-0.39, 0.29) is 0 Å². The summed E-state index contributed by atoms with van der Waals surface area (Å²) < 4.78 is 2.41. The molecule has 0 saturated carbocycles. The first-order valence-electron chi connectivity index (χ1n) is 20.6. The summed E-state index contributed by atoms with van der Waals surface area (Å²) >= 11 is 0. The third-order valence-electron chi connectivity index (χ3n) is 11.8. The van der Waals surface area contributed by atoms with Crippen LogP contribution in [0.1, 0.15) is 0 Å². The smallest absolute Gasteiger partial charge is 0.0541 e. The van der Waals surface area contributed by atoms with Crippen LogP contribution in [-0.2, 0) is 0 Å². The van der Waals surface area contributed by atoms with Crippen molar-refractivity contribution in [3.63, 3.8) is 0 Å². The number of anilines is 3. The third kappa shape index (κ3) is 6.32. The van der Waals surface area contributed by atoms with Gasteiger partial charge in [-0.3, -0.25) is 0 Å².